The van der Waals surface area contributed by atoms with Crippen molar-refractivity contribution in [2.24, 2.45) is 0 Å². The van der Waals surface area contributed by atoms with E-state index in [-0.39, 0.29) is 0 Å². The number of aromatic nitrogens is 4. The first-order valence-electron chi connectivity index (χ1n) is 25.3. The highest BCUT2D eigenvalue weighted by atomic mass is 15.0. The predicted molar refractivity (Wildman–Crippen MR) is 303 cm³/mol. The monoisotopic (exact) mass is 940 g/mol. The van der Waals surface area contributed by atoms with Crippen LogP contribution in [0.25, 0.3) is 117 Å². The summed E-state index contributed by atoms with van der Waals surface area (Å²) >= 11 is 0. The predicted octanol–water partition coefficient (Wildman–Crippen LogP) is 17.3. The van der Waals surface area contributed by atoms with E-state index >= 15 is 0 Å². The van der Waals surface area contributed by atoms with Gasteiger partial charge in [0.05, 0.1) is 22.1 Å². The summed E-state index contributed by atoms with van der Waals surface area (Å²) in [5.41, 5.74) is 22.4. The lowest BCUT2D eigenvalue weighted by Crippen LogP contribution is -2.33. The molecule has 4 nitrogen and oxygen atoms in total. The standard InChI is InChI=1S/C70H44N4/c1-4-18-45(19-5-1)46-36-40-51(41-37-46)68-71-67(50-22-8-3-9-23-50)72-69(73-68)57-28-17-30-61-65(57)58-44-52(47-34-38-49(39-35-47)54-25-11-10-24-53(54)48-20-6-2-7-21-48)42-43-59(58)70(61)60-29-13-15-33-64(60)74-63-32-14-12-26-55(63)56-27-16-31-62(70)66(56)74/h1-44H. The van der Waals surface area contributed by atoms with Crippen LogP contribution in [0.1, 0.15) is 22.3 Å². The summed E-state index contributed by atoms with van der Waals surface area (Å²) in [5, 5.41) is 2.49. The van der Waals surface area contributed by atoms with Gasteiger partial charge < -0.3 is 4.57 Å². The third kappa shape index (κ3) is 6.31. The normalized spacial score (nSPS) is 14.0. The van der Waals surface area contributed by atoms with E-state index in [0.717, 1.165) is 44.5 Å². The Morgan fingerprint density at radius 1 is 0.270 bits per heavy atom. The molecule has 0 N–H and O–H groups in total. The lowest BCUT2D eigenvalue weighted by molar-refractivity contribution is 0.748. The average molecular weight is 941 g/mol. The van der Waals surface area contributed by atoms with Crippen LogP contribution in [0.2, 0.25) is 0 Å². The molecule has 3 heterocycles. The highest BCUT2D eigenvalue weighted by Gasteiger charge is 2.51. The smallest absolute Gasteiger partial charge is 0.164 e. The zero-order valence-electron chi connectivity index (χ0n) is 40.2. The Labute approximate surface area is 429 Å². The molecule has 1 spiro atoms. The molecule has 1 unspecified atom stereocenters. The number of para-hydroxylation sites is 3. The molecule has 13 aromatic rings. The van der Waals surface area contributed by atoms with E-state index in [1.54, 1.807) is 0 Å². The number of hydrogen-bond donors (Lipinski definition) is 0. The van der Waals surface area contributed by atoms with E-state index in [4.69, 9.17) is 15.0 Å². The van der Waals surface area contributed by atoms with Crippen LogP contribution in [-0.2, 0) is 5.41 Å². The minimum atomic E-state index is -0.671. The van der Waals surface area contributed by atoms with E-state index in [0.29, 0.717) is 17.5 Å². The van der Waals surface area contributed by atoms with Crippen molar-refractivity contribution in [3.05, 3.63) is 289 Å². The minimum absolute atomic E-state index is 0.624. The molecule has 0 radical (unpaired) electrons. The highest BCUT2D eigenvalue weighted by Crippen LogP contribution is 2.63. The van der Waals surface area contributed by atoms with E-state index in [9.17, 15) is 0 Å². The zero-order chi connectivity index (χ0) is 48.7. The molecule has 1 atom stereocenters. The molecule has 0 saturated carbocycles. The van der Waals surface area contributed by atoms with Gasteiger partial charge in [-0.05, 0) is 96.1 Å². The Kier molecular flexibility index (Phi) is 9.45. The second kappa shape index (κ2) is 16.7. The minimum Gasteiger partial charge on any atom is -0.309 e. The van der Waals surface area contributed by atoms with E-state index < -0.39 is 5.41 Å². The molecule has 11 aromatic carbocycles. The fourth-order valence-electron chi connectivity index (χ4n) is 12.3. The SMILES string of the molecule is c1ccc(-c2ccc(-c3nc(-c4ccccc4)nc(-c4cccc5c4-c4cc(-c6ccc(-c7ccccc7-c7ccccc7)cc6)ccc4C54c5ccccc5-n5c6ccccc6c6cccc4c65)n3)cc2)cc1. The third-order valence-electron chi connectivity index (χ3n) is 15.5. The molecule has 2 aliphatic rings. The first kappa shape index (κ1) is 42.0. The van der Waals surface area contributed by atoms with Crippen molar-refractivity contribution in [1.29, 1.82) is 0 Å². The molecule has 0 amide bonds. The van der Waals surface area contributed by atoms with E-state index in [2.05, 4.69) is 253 Å². The molecule has 0 fully saturated rings. The van der Waals surface area contributed by atoms with E-state index in [1.165, 1.54) is 77.6 Å². The first-order chi connectivity index (χ1) is 36.7. The molecule has 344 valence electrons. The van der Waals surface area contributed by atoms with Crippen molar-refractivity contribution in [2.45, 2.75) is 5.41 Å². The van der Waals surface area contributed by atoms with Crippen molar-refractivity contribution < 1.29 is 0 Å². The molecular weight excluding hydrogens is 897 g/mol. The second-order valence-corrected chi connectivity index (χ2v) is 19.4. The maximum absolute atomic E-state index is 5.46. The molecule has 2 aromatic heterocycles. The quantitative estimate of drug-likeness (QED) is 0.160. The Hall–Kier alpha value is -9.77. The highest BCUT2D eigenvalue weighted by molar-refractivity contribution is 6.13. The maximum atomic E-state index is 5.46. The fraction of sp³-hybridized carbons (Fsp3) is 0.0143. The number of rotatable bonds is 7. The topological polar surface area (TPSA) is 43.6 Å². The van der Waals surface area contributed by atoms with Crippen LogP contribution in [0.15, 0.2) is 267 Å². The van der Waals surface area contributed by atoms with Gasteiger partial charge in [0.15, 0.2) is 17.5 Å². The number of fused-ring (bicyclic) bond motifs is 12. The van der Waals surface area contributed by atoms with Crippen LogP contribution < -0.4 is 0 Å². The molecule has 0 bridgehead atoms. The summed E-state index contributed by atoms with van der Waals surface area (Å²) in [4.78, 5) is 16.1. The van der Waals surface area contributed by atoms with Gasteiger partial charge in [-0.3, -0.25) is 0 Å². The molecule has 1 aliphatic carbocycles. The van der Waals surface area contributed by atoms with Gasteiger partial charge in [-0.1, -0.05) is 249 Å². The van der Waals surface area contributed by atoms with Gasteiger partial charge in [0.25, 0.3) is 0 Å². The van der Waals surface area contributed by atoms with Gasteiger partial charge in [-0.2, -0.15) is 0 Å². The summed E-state index contributed by atoms with van der Waals surface area (Å²) < 4.78 is 2.50. The van der Waals surface area contributed by atoms with Crippen LogP contribution >= 0.6 is 0 Å². The molecule has 74 heavy (non-hydrogen) atoms. The van der Waals surface area contributed by atoms with Crippen LogP contribution in [-0.4, -0.2) is 19.5 Å². The summed E-state index contributed by atoms with van der Waals surface area (Å²) in [7, 11) is 0. The molecule has 1 aliphatic heterocycles. The molecule has 15 rings (SSSR count). The molecule has 0 saturated heterocycles. The summed E-state index contributed by atoms with van der Waals surface area (Å²) in [5.74, 6) is 1.88. The molecular formula is C70H44N4. The van der Waals surface area contributed by atoms with Crippen LogP contribution in [0.5, 0.6) is 0 Å². The number of benzene rings is 11. The average Bonchev–Trinajstić information content (AvgIpc) is 4.01. The van der Waals surface area contributed by atoms with Crippen molar-refractivity contribution in [3.63, 3.8) is 0 Å². The van der Waals surface area contributed by atoms with Crippen LogP contribution in [0.3, 0.4) is 0 Å². The van der Waals surface area contributed by atoms with Gasteiger partial charge in [-0.25, -0.2) is 15.0 Å². The molecule has 4 heteroatoms. The fourth-order valence-corrected chi connectivity index (χ4v) is 12.3. The first-order valence-corrected chi connectivity index (χ1v) is 25.3. The number of nitrogens with zero attached hydrogens (tertiary/aromatic N) is 4. The second-order valence-electron chi connectivity index (χ2n) is 19.4. The summed E-state index contributed by atoms with van der Waals surface area (Å²) in [6.45, 7) is 0. The van der Waals surface area contributed by atoms with Crippen LogP contribution in [0.4, 0.5) is 0 Å². The maximum Gasteiger partial charge on any atom is 0.164 e. The Morgan fingerprint density at radius 3 is 1.46 bits per heavy atom. The van der Waals surface area contributed by atoms with E-state index in [1.807, 2.05) is 18.2 Å². The van der Waals surface area contributed by atoms with Crippen molar-refractivity contribution in [1.82, 2.24) is 19.5 Å². The summed E-state index contributed by atoms with van der Waals surface area (Å²) in [6.07, 6.45) is 0. The van der Waals surface area contributed by atoms with Crippen molar-refractivity contribution in [2.75, 3.05) is 0 Å². The van der Waals surface area contributed by atoms with Crippen LogP contribution in [0, 0.1) is 0 Å². The Balaban J connectivity index is 0.972. The Bertz CT molecular complexity index is 4330. The van der Waals surface area contributed by atoms with Gasteiger partial charge >= 0.3 is 0 Å². The van der Waals surface area contributed by atoms with Crippen molar-refractivity contribution >= 4 is 21.8 Å². The zero-order valence-corrected chi connectivity index (χ0v) is 40.2. The summed E-state index contributed by atoms with van der Waals surface area (Å²) in [6, 6.07) is 96.5. The van der Waals surface area contributed by atoms with Crippen molar-refractivity contribution in [3.8, 4) is 95.5 Å². The number of hydrogen-bond acceptors (Lipinski definition) is 3. The Morgan fingerprint density at radius 2 is 0.730 bits per heavy atom. The lowest BCUT2D eigenvalue weighted by Gasteiger charge is -2.39. The van der Waals surface area contributed by atoms with Gasteiger partial charge in [0, 0.05) is 27.5 Å². The largest absolute Gasteiger partial charge is 0.309 e. The van der Waals surface area contributed by atoms with Gasteiger partial charge in [0.2, 0.25) is 0 Å². The van der Waals surface area contributed by atoms with Gasteiger partial charge in [0.1, 0.15) is 0 Å². The van der Waals surface area contributed by atoms with Gasteiger partial charge in [-0.15, -0.1) is 0 Å². The third-order valence-corrected chi connectivity index (χ3v) is 15.5. The lowest BCUT2D eigenvalue weighted by atomic mass is 9.65.